The first-order valence-corrected chi connectivity index (χ1v) is 7.54. The van der Waals surface area contributed by atoms with Gasteiger partial charge in [0.1, 0.15) is 5.82 Å². The molecule has 0 aliphatic heterocycles. The first-order valence-electron chi connectivity index (χ1n) is 7.54. The molecular weight excluding hydrogens is 279 g/mol. The number of carbonyl (C=O) groups excluding carboxylic acids is 1. The second-order valence-corrected chi connectivity index (χ2v) is 5.84. The summed E-state index contributed by atoms with van der Waals surface area (Å²) in [6, 6.07) is 13.8. The van der Waals surface area contributed by atoms with E-state index in [1.807, 2.05) is 30.3 Å². The van der Waals surface area contributed by atoms with E-state index < -0.39 is 5.82 Å². The van der Waals surface area contributed by atoms with Crippen molar-refractivity contribution in [3.05, 3.63) is 65.5 Å². The molecule has 1 fully saturated rings. The fourth-order valence-electron chi connectivity index (χ4n) is 3.23. The van der Waals surface area contributed by atoms with Gasteiger partial charge >= 0.3 is 0 Å². The van der Waals surface area contributed by atoms with Gasteiger partial charge < -0.3 is 11.1 Å². The molecule has 0 heterocycles. The number of halogens is 1. The molecule has 2 aromatic rings. The lowest BCUT2D eigenvalue weighted by Gasteiger charge is -2.31. The third kappa shape index (κ3) is 2.69. The van der Waals surface area contributed by atoms with Crippen LogP contribution in [0.3, 0.4) is 0 Å². The number of hydrogen-bond donors (Lipinski definition) is 2. The zero-order chi connectivity index (χ0) is 15.6. The molecule has 0 unspecified atom stereocenters. The van der Waals surface area contributed by atoms with Gasteiger partial charge in [-0.15, -0.1) is 0 Å². The largest absolute Gasteiger partial charge is 0.398 e. The Morgan fingerprint density at radius 1 is 1.09 bits per heavy atom. The first kappa shape index (κ1) is 14.6. The summed E-state index contributed by atoms with van der Waals surface area (Å²) in [5.41, 5.74) is 7.02. The van der Waals surface area contributed by atoms with E-state index in [4.69, 9.17) is 5.73 Å². The monoisotopic (exact) mass is 298 g/mol. The second-order valence-electron chi connectivity index (χ2n) is 5.84. The molecule has 3 nitrogen and oxygen atoms in total. The highest BCUT2D eigenvalue weighted by atomic mass is 19.1. The summed E-state index contributed by atoms with van der Waals surface area (Å²) in [5.74, 6) is -0.776. The van der Waals surface area contributed by atoms with Crippen LogP contribution in [0.25, 0.3) is 0 Å². The van der Waals surface area contributed by atoms with E-state index in [-0.39, 0.29) is 17.0 Å². The highest BCUT2D eigenvalue weighted by Gasteiger charge is 2.37. The smallest absolute Gasteiger partial charge is 0.254 e. The highest BCUT2D eigenvalue weighted by molar-refractivity contribution is 5.99. The van der Waals surface area contributed by atoms with E-state index in [0.717, 1.165) is 31.2 Å². The fraction of sp³-hybridized carbons (Fsp3) is 0.278. The summed E-state index contributed by atoms with van der Waals surface area (Å²) in [6.45, 7) is 0. The van der Waals surface area contributed by atoms with Crippen molar-refractivity contribution >= 4 is 11.6 Å². The lowest BCUT2D eigenvalue weighted by atomic mass is 9.87. The highest BCUT2D eigenvalue weighted by Crippen LogP contribution is 2.39. The maximum atomic E-state index is 13.4. The molecule has 3 rings (SSSR count). The normalized spacial score (nSPS) is 16.4. The molecule has 0 atom stereocenters. The SMILES string of the molecule is Nc1ccc(F)cc1C(=O)NC1(c2ccccc2)CCCC1. The average molecular weight is 298 g/mol. The maximum absolute atomic E-state index is 13.4. The predicted octanol–water partition coefficient (Wildman–Crippen LogP) is 3.61. The minimum Gasteiger partial charge on any atom is -0.398 e. The number of nitrogens with two attached hydrogens (primary N) is 1. The molecule has 1 amide bonds. The van der Waals surface area contributed by atoms with Crippen LogP contribution in [0, 0.1) is 5.82 Å². The van der Waals surface area contributed by atoms with Crippen LogP contribution in [0.4, 0.5) is 10.1 Å². The van der Waals surface area contributed by atoms with Crippen LogP contribution in [0.5, 0.6) is 0 Å². The number of anilines is 1. The predicted molar refractivity (Wildman–Crippen MR) is 84.9 cm³/mol. The molecular formula is C18H19FN2O. The lowest BCUT2D eigenvalue weighted by molar-refractivity contribution is 0.0898. The van der Waals surface area contributed by atoms with Gasteiger partial charge in [0.15, 0.2) is 0 Å². The van der Waals surface area contributed by atoms with E-state index in [0.29, 0.717) is 5.69 Å². The molecule has 1 aliphatic carbocycles. The zero-order valence-corrected chi connectivity index (χ0v) is 12.3. The van der Waals surface area contributed by atoms with Crippen molar-refractivity contribution in [1.82, 2.24) is 5.32 Å². The van der Waals surface area contributed by atoms with Crippen molar-refractivity contribution in [2.45, 2.75) is 31.2 Å². The third-order valence-electron chi connectivity index (χ3n) is 4.40. The number of carbonyl (C=O) groups is 1. The van der Waals surface area contributed by atoms with Gasteiger partial charge in [0.05, 0.1) is 11.1 Å². The zero-order valence-electron chi connectivity index (χ0n) is 12.3. The average Bonchev–Trinajstić information content (AvgIpc) is 3.00. The summed E-state index contributed by atoms with van der Waals surface area (Å²) in [7, 11) is 0. The number of hydrogen-bond acceptors (Lipinski definition) is 2. The first-order chi connectivity index (χ1) is 10.6. The van der Waals surface area contributed by atoms with E-state index in [1.54, 1.807) is 0 Å². The summed E-state index contributed by atoms with van der Waals surface area (Å²) in [5, 5.41) is 3.11. The molecule has 114 valence electrons. The molecule has 4 heteroatoms. The van der Waals surface area contributed by atoms with Crippen LogP contribution in [-0.2, 0) is 5.54 Å². The van der Waals surface area contributed by atoms with Crippen molar-refractivity contribution < 1.29 is 9.18 Å². The molecule has 0 radical (unpaired) electrons. The van der Waals surface area contributed by atoms with Crippen LogP contribution in [0.2, 0.25) is 0 Å². The summed E-state index contributed by atoms with van der Waals surface area (Å²) in [4.78, 5) is 12.6. The summed E-state index contributed by atoms with van der Waals surface area (Å²) < 4.78 is 13.4. The minimum atomic E-state index is -0.459. The third-order valence-corrected chi connectivity index (χ3v) is 4.40. The topological polar surface area (TPSA) is 55.1 Å². The Kier molecular flexibility index (Phi) is 3.84. The number of rotatable bonds is 3. The van der Waals surface area contributed by atoms with Gasteiger partial charge in [0.25, 0.3) is 5.91 Å². The van der Waals surface area contributed by atoms with Gasteiger partial charge in [-0.25, -0.2) is 4.39 Å². The quantitative estimate of drug-likeness (QED) is 0.851. The minimum absolute atomic E-state index is 0.196. The molecule has 0 bridgehead atoms. The van der Waals surface area contributed by atoms with Crippen molar-refractivity contribution in [3.8, 4) is 0 Å². The summed E-state index contributed by atoms with van der Waals surface area (Å²) >= 11 is 0. The maximum Gasteiger partial charge on any atom is 0.254 e. The van der Waals surface area contributed by atoms with Crippen molar-refractivity contribution in [3.63, 3.8) is 0 Å². The van der Waals surface area contributed by atoms with Gasteiger partial charge in [-0.2, -0.15) is 0 Å². The van der Waals surface area contributed by atoms with Crippen LogP contribution in [0.1, 0.15) is 41.6 Å². The van der Waals surface area contributed by atoms with Crippen LogP contribution in [-0.4, -0.2) is 5.91 Å². The van der Waals surface area contributed by atoms with Crippen molar-refractivity contribution in [2.24, 2.45) is 0 Å². The van der Waals surface area contributed by atoms with E-state index in [9.17, 15) is 9.18 Å². The van der Waals surface area contributed by atoms with Crippen LogP contribution >= 0.6 is 0 Å². The van der Waals surface area contributed by atoms with Gasteiger partial charge in [-0.1, -0.05) is 43.2 Å². The van der Waals surface area contributed by atoms with E-state index in [1.165, 1.54) is 18.2 Å². The molecule has 3 N–H and O–H groups in total. The Morgan fingerprint density at radius 3 is 2.45 bits per heavy atom. The molecule has 22 heavy (non-hydrogen) atoms. The Hall–Kier alpha value is -2.36. The second kappa shape index (κ2) is 5.79. The molecule has 0 spiro atoms. The molecule has 0 saturated heterocycles. The molecule has 2 aromatic carbocycles. The van der Waals surface area contributed by atoms with Gasteiger partial charge in [0, 0.05) is 5.69 Å². The summed E-state index contributed by atoms with van der Waals surface area (Å²) in [6.07, 6.45) is 3.90. The number of amides is 1. The Bertz CT molecular complexity index is 679. The number of benzene rings is 2. The molecule has 0 aromatic heterocycles. The van der Waals surface area contributed by atoms with Gasteiger partial charge in [-0.05, 0) is 36.6 Å². The van der Waals surface area contributed by atoms with Crippen LogP contribution < -0.4 is 11.1 Å². The Labute approximate surface area is 129 Å². The van der Waals surface area contributed by atoms with E-state index >= 15 is 0 Å². The van der Waals surface area contributed by atoms with Crippen molar-refractivity contribution in [1.29, 1.82) is 0 Å². The Morgan fingerprint density at radius 2 is 1.77 bits per heavy atom. The molecule has 1 aliphatic rings. The van der Waals surface area contributed by atoms with Crippen LogP contribution in [0.15, 0.2) is 48.5 Å². The molecule has 1 saturated carbocycles. The van der Waals surface area contributed by atoms with E-state index in [2.05, 4.69) is 5.32 Å². The number of nitrogen functional groups attached to an aromatic ring is 1. The van der Waals surface area contributed by atoms with Gasteiger partial charge in [0.2, 0.25) is 0 Å². The number of nitrogens with one attached hydrogen (secondary N) is 1. The Balaban J connectivity index is 1.92. The van der Waals surface area contributed by atoms with Crippen molar-refractivity contribution in [2.75, 3.05) is 5.73 Å². The lowest BCUT2D eigenvalue weighted by Crippen LogP contribution is -2.44. The fourth-order valence-corrected chi connectivity index (χ4v) is 3.23. The van der Waals surface area contributed by atoms with Gasteiger partial charge in [-0.3, -0.25) is 4.79 Å². The standard InChI is InChI=1S/C18H19FN2O/c19-14-8-9-16(20)15(12-14)17(22)21-18(10-4-5-11-18)13-6-2-1-3-7-13/h1-3,6-9,12H,4-5,10-11,20H2,(H,21,22).